The number of hydrogen-bond acceptors (Lipinski definition) is 2. The van der Waals surface area contributed by atoms with Gasteiger partial charge in [0, 0.05) is 13.2 Å². The van der Waals surface area contributed by atoms with Crippen molar-refractivity contribution in [2.24, 2.45) is 0 Å². The normalized spacial score (nSPS) is 11.6. The number of aliphatic hydroxyl groups is 2. The van der Waals surface area contributed by atoms with Crippen LogP contribution in [0.3, 0.4) is 0 Å². The largest absolute Gasteiger partial charge is 0.397 e. The first-order valence-electron chi connectivity index (χ1n) is 5.00. The third-order valence-corrected chi connectivity index (χ3v) is 7.18. The van der Waals surface area contributed by atoms with Crippen LogP contribution in [0.4, 0.5) is 0 Å². The van der Waals surface area contributed by atoms with Gasteiger partial charge in [-0.25, -0.2) is 0 Å². The fourth-order valence-electron chi connectivity index (χ4n) is 1.75. The van der Waals surface area contributed by atoms with E-state index in [2.05, 4.69) is 18.7 Å². The molecule has 2 N–H and O–H groups in total. The fraction of sp³-hybridized carbons (Fsp3) is 0.455. The second-order valence-electron chi connectivity index (χ2n) is 3.87. The summed E-state index contributed by atoms with van der Waals surface area (Å²) in [6.45, 7) is 2.66. The zero-order valence-electron chi connectivity index (χ0n) is 8.61. The Labute approximate surface area is 86.2 Å². The van der Waals surface area contributed by atoms with Crippen molar-refractivity contribution in [3.05, 3.63) is 30.3 Å². The molecule has 0 fully saturated rings. The lowest BCUT2D eigenvalue weighted by molar-refractivity contribution is 0.308. The maximum atomic E-state index is 9.04. The van der Waals surface area contributed by atoms with Gasteiger partial charge in [-0.2, -0.15) is 0 Å². The molecule has 0 aliphatic heterocycles. The van der Waals surface area contributed by atoms with Crippen LogP contribution in [0.5, 0.6) is 0 Å². The van der Waals surface area contributed by atoms with Crippen LogP contribution in [-0.2, 0) is 0 Å². The highest BCUT2D eigenvalue weighted by Crippen LogP contribution is 2.14. The van der Waals surface area contributed by atoms with Crippen LogP contribution in [0.25, 0.3) is 0 Å². The monoisotopic (exact) mass is 210 g/mol. The van der Waals surface area contributed by atoms with Gasteiger partial charge in [0.2, 0.25) is 0 Å². The predicted octanol–water partition coefficient (Wildman–Crippen LogP) is 0.957. The Morgan fingerprint density at radius 1 is 1.00 bits per heavy atom. The fourth-order valence-corrected chi connectivity index (χ4v) is 4.56. The van der Waals surface area contributed by atoms with Gasteiger partial charge < -0.3 is 10.2 Å². The van der Waals surface area contributed by atoms with E-state index in [1.165, 1.54) is 5.19 Å². The zero-order chi connectivity index (χ0) is 10.4. The predicted molar refractivity (Wildman–Crippen MR) is 61.5 cm³/mol. The van der Waals surface area contributed by atoms with E-state index >= 15 is 0 Å². The van der Waals surface area contributed by atoms with Crippen molar-refractivity contribution in [2.45, 2.75) is 18.6 Å². The molecule has 1 rings (SSSR count). The van der Waals surface area contributed by atoms with Gasteiger partial charge in [-0.3, -0.25) is 0 Å². The molecular weight excluding hydrogens is 192 g/mol. The Bertz CT molecular complexity index is 255. The molecule has 0 aromatic heterocycles. The van der Waals surface area contributed by atoms with E-state index in [4.69, 9.17) is 10.2 Å². The van der Waals surface area contributed by atoms with E-state index in [-0.39, 0.29) is 13.2 Å². The summed E-state index contributed by atoms with van der Waals surface area (Å²) in [5, 5.41) is 19.4. The van der Waals surface area contributed by atoms with E-state index < -0.39 is 8.07 Å². The Kier molecular flexibility index (Phi) is 4.32. The van der Waals surface area contributed by atoms with E-state index in [0.717, 1.165) is 12.1 Å². The number of benzene rings is 1. The highest BCUT2D eigenvalue weighted by atomic mass is 28.3. The molecule has 0 aliphatic carbocycles. The Morgan fingerprint density at radius 2 is 1.50 bits per heavy atom. The summed E-state index contributed by atoms with van der Waals surface area (Å²) in [7, 11) is -1.63. The summed E-state index contributed by atoms with van der Waals surface area (Å²) in [6.07, 6.45) is 0. The van der Waals surface area contributed by atoms with Crippen LogP contribution >= 0.6 is 0 Å². The molecule has 0 bridgehead atoms. The van der Waals surface area contributed by atoms with E-state index in [9.17, 15) is 0 Å². The summed E-state index contributed by atoms with van der Waals surface area (Å²) < 4.78 is 0. The van der Waals surface area contributed by atoms with Crippen LogP contribution in [-0.4, -0.2) is 31.5 Å². The highest BCUT2D eigenvalue weighted by molar-refractivity contribution is 6.90. The van der Waals surface area contributed by atoms with Gasteiger partial charge in [-0.15, -0.1) is 0 Å². The molecule has 0 aliphatic rings. The third kappa shape index (κ3) is 2.67. The number of aliphatic hydroxyl groups excluding tert-OH is 2. The van der Waals surface area contributed by atoms with Gasteiger partial charge in [0.15, 0.2) is 0 Å². The molecule has 0 spiro atoms. The first-order valence-corrected chi connectivity index (χ1v) is 7.91. The quantitative estimate of drug-likeness (QED) is 0.711. The van der Waals surface area contributed by atoms with Crippen LogP contribution in [0.2, 0.25) is 18.6 Å². The summed E-state index contributed by atoms with van der Waals surface area (Å²) in [5.74, 6) is 0. The molecule has 1 aromatic rings. The molecule has 0 amide bonds. The van der Waals surface area contributed by atoms with Crippen molar-refractivity contribution in [2.75, 3.05) is 13.2 Å². The second kappa shape index (κ2) is 5.29. The lowest BCUT2D eigenvalue weighted by atomic mass is 10.4. The van der Waals surface area contributed by atoms with Gasteiger partial charge in [-0.1, -0.05) is 42.1 Å². The Morgan fingerprint density at radius 3 is 1.93 bits per heavy atom. The van der Waals surface area contributed by atoms with E-state index in [1.807, 2.05) is 18.2 Å². The third-order valence-electron chi connectivity index (χ3n) is 2.80. The summed E-state index contributed by atoms with van der Waals surface area (Å²) in [6, 6.07) is 11.9. The molecule has 3 heteroatoms. The minimum atomic E-state index is -1.63. The van der Waals surface area contributed by atoms with Gasteiger partial charge in [-0.05, 0) is 12.1 Å². The molecular formula is C11H18O2Si. The number of hydrogen-bond donors (Lipinski definition) is 2. The van der Waals surface area contributed by atoms with Gasteiger partial charge >= 0.3 is 0 Å². The molecule has 0 heterocycles. The average Bonchev–Trinajstić information content (AvgIpc) is 2.20. The first-order chi connectivity index (χ1) is 6.73. The van der Waals surface area contributed by atoms with Crippen LogP contribution in [0, 0.1) is 0 Å². The van der Waals surface area contributed by atoms with E-state index in [0.29, 0.717) is 0 Å². The van der Waals surface area contributed by atoms with Crippen LogP contribution < -0.4 is 5.19 Å². The summed E-state index contributed by atoms with van der Waals surface area (Å²) >= 11 is 0. The van der Waals surface area contributed by atoms with Crippen molar-refractivity contribution >= 4 is 13.3 Å². The smallest absolute Gasteiger partial charge is 0.0881 e. The first kappa shape index (κ1) is 11.4. The highest BCUT2D eigenvalue weighted by Gasteiger charge is 2.27. The molecule has 0 radical (unpaired) electrons. The maximum absolute atomic E-state index is 9.04. The Balaban J connectivity index is 2.87. The topological polar surface area (TPSA) is 40.5 Å². The molecule has 1 aromatic carbocycles. The lowest BCUT2D eigenvalue weighted by Crippen LogP contribution is -2.45. The molecule has 0 saturated heterocycles. The standard InChI is InChI=1S/C11H18O2Si/c1-14(9-7-12,10-8-13)11-5-3-2-4-6-11/h2-6,12-13H,7-10H2,1H3. The Hall–Kier alpha value is -0.643. The molecule has 0 unspecified atom stereocenters. The minimum Gasteiger partial charge on any atom is -0.397 e. The van der Waals surface area contributed by atoms with Crippen molar-refractivity contribution in [1.82, 2.24) is 0 Å². The molecule has 14 heavy (non-hydrogen) atoms. The van der Waals surface area contributed by atoms with Crippen molar-refractivity contribution in [3.8, 4) is 0 Å². The minimum absolute atomic E-state index is 0.220. The molecule has 78 valence electrons. The summed E-state index contributed by atoms with van der Waals surface area (Å²) in [5.41, 5.74) is 0. The van der Waals surface area contributed by atoms with E-state index in [1.54, 1.807) is 0 Å². The molecule has 0 saturated carbocycles. The summed E-state index contributed by atoms with van der Waals surface area (Å²) in [4.78, 5) is 0. The maximum Gasteiger partial charge on any atom is 0.0881 e. The average molecular weight is 210 g/mol. The SMILES string of the molecule is C[Si](CCO)(CCO)c1ccccc1. The van der Waals surface area contributed by atoms with Crippen molar-refractivity contribution < 1.29 is 10.2 Å². The second-order valence-corrected chi connectivity index (χ2v) is 8.57. The molecule has 0 atom stereocenters. The van der Waals surface area contributed by atoms with Crippen molar-refractivity contribution in [3.63, 3.8) is 0 Å². The van der Waals surface area contributed by atoms with Gasteiger partial charge in [0.25, 0.3) is 0 Å². The van der Waals surface area contributed by atoms with Crippen LogP contribution in [0.15, 0.2) is 30.3 Å². The zero-order valence-corrected chi connectivity index (χ0v) is 9.61. The lowest BCUT2D eigenvalue weighted by Gasteiger charge is -2.26. The van der Waals surface area contributed by atoms with Crippen molar-refractivity contribution in [1.29, 1.82) is 0 Å². The number of rotatable bonds is 5. The van der Waals surface area contributed by atoms with Crippen LogP contribution in [0.1, 0.15) is 0 Å². The molecule has 2 nitrogen and oxygen atoms in total. The van der Waals surface area contributed by atoms with Gasteiger partial charge in [0.1, 0.15) is 0 Å². The van der Waals surface area contributed by atoms with Gasteiger partial charge in [0.05, 0.1) is 8.07 Å².